The fourth-order valence-corrected chi connectivity index (χ4v) is 0.437. The van der Waals surface area contributed by atoms with E-state index in [1.165, 1.54) is 0 Å². The second-order valence-electron chi connectivity index (χ2n) is 1.16. The van der Waals surface area contributed by atoms with Gasteiger partial charge in [-0.3, -0.25) is 0 Å². The fourth-order valence-electron chi connectivity index (χ4n) is 0.0875. The Morgan fingerprint density at radius 1 is 1.50 bits per heavy atom. The molecule has 0 aliphatic carbocycles. The van der Waals surface area contributed by atoms with Crippen molar-refractivity contribution >= 4 is 34.8 Å². The average Bonchev–Trinajstić information content (AvgIpc) is 1.62. The standard InChI is InChI=1S/C3H3Cl3F2/c4-1-2(5)3(6,7)8/h2H,1H2. The zero-order chi connectivity index (χ0) is 6.78. The molecule has 0 saturated carbocycles. The second kappa shape index (κ2) is 3.04. The van der Waals surface area contributed by atoms with Crippen LogP contribution in [0.1, 0.15) is 0 Å². The third kappa shape index (κ3) is 2.90. The van der Waals surface area contributed by atoms with Crippen LogP contribution in [0.3, 0.4) is 0 Å². The topological polar surface area (TPSA) is 0 Å². The summed E-state index contributed by atoms with van der Waals surface area (Å²) in [6.45, 7) is 0. The Kier molecular flexibility index (Phi) is 3.32. The van der Waals surface area contributed by atoms with Gasteiger partial charge in [0, 0.05) is 5.88 Å². The molecule has 0 nitrogen and oxygen atoms in total. The van der Waals surface area contributed by atoms with Crippen LogP contribution in [-0.2, 0) is 0 Å². The van der Waals surface area contributed by atoms with Crippen molar-refractivity contribution in [3.63, 3.8) is 0 Å². The minimum absolute atomic E-state index is 0.349. The van der Waals surface area contributed by atoms with E-state index in [1.54, 1.807) is 0 Å². The van der Waals surface area contributed by atoms with Crippen molar-refractivity contribution in [3.05, 3.63) is 0 Å². The molecular weight excluding hydrogens is 180 g/mol. The van der Waals surface area contributed by atoms with Crippen molar-refractivity contribution in [1.29, 1.82) is 0 Å². The van der Waals surface area contributed by atoms with Crippen molar-refractivity contribution < 1.29 is 8.78 Å². The van der Waals surface area contributed by atoms with E-state index in [0.29, 0.717) is 0 Å². The number of hydrogen-bond donors (Lipinski definition) is 0. The third-order valence-electron chi connectivity index (χ3n) is 0.491. The molecule has 0 aliphatic heterocycles. The summed E-state index contributed by atoms with van der Waals surface area (Å²) in [5.74, 6) is -0.349. The maximum atomic E-state index is 11.7. The molecule has 0 rings (SSSR count). The van der Waals surface area contributed by atoms with Gasteiger partial charge in [-0.05, 0) is 11.6 Å². The van der Waals surface area contributed by atoms with E-state index in [-0.39, 0.29) is 5.88 Å². The van der Waals surface area contributed by atoms with E-state index >= 15 is 0 Å². The Morgan fingerprint density at radius 2 is 1.88 bits per heavy atom. The minimum atomic E-state index is -3.39. The molecule has 0 spiro atoms. The van der Waals surface area contributed by atoms with Gasteiger partial charge in [-0.2, -0.15) is 8.78 Å². The molecule has 0 amide bonds. The van der Waals surface area contributed by atoms with Gasteiger partial charge in [-0.15, -0.1) is 23.2 Å². The Balaban J connectivity index is 3.62. The van der Waals surface area contributed by atoms with Crippen LogP contribution in [0.4, 0.5) is 8.78 Å². The van der Waals surface area contributed by atoms with Gasteiger partial charge >= 0.3 is 5.38 Å². The lowest BCUT2D eigenvalue weighted by Crippen LogP contribution is -2.23. The van der Waals surface area contributed by atoms with Crippen LogP contribution in [0.25, 0.3) is 0 Å². The molecule has 0 aromatic carbocycles. The molecule has 0 radical (unpaired) electrons. The molecule has 0 bridgehead atoms. The number of rotatable bonds is 2. The summed E-state index contributed by atoms with van der Waals surface area (Å²) in [5.41, 5.74) is 0. The van der Waals surface area contributed by atoms with Gasteiger partial charge in [0.25, 0.3) is 0 Å². The van der Waals surface area contributed by atoms with Crippen LogP contribution in [0.5, 0.6) is 0 Å². The lowest BCUT2D eigenvalue weighted by molar-refractivity contribution is 0.0971. The van der Waals surface area contributed by atoms with E-state index in [1.807, 2.05) is 0 Å². The van der Waals surface area contributed by atoms with Crippen molar-refractivity contribution in [1.82, 2.24) is 0 Å². The van der Waals surface area contributed by atoms with Gasteiger partial charge in [0.1, 0.15) is 5.38 Å². The SMILES string of the molecule is FC(F)(Cl)C(Cl)CCl. The summed E-state index contributed by atoms with van der Waals surface area (Å²) >= 11 is 14.3. The van der Waals surface area contributed by atoms with Gasteiger partial charge < -0.3 is 0 Å². The summed E-state index contributed by atoms with van der Waals surface area (Å²) in [6.07, 6.45) is 0. The largest absolute Gasteiger partial charge is 0.338 e. The maximum Gasteiger partial charge on any atom is 0.338 e. The molecule has 5 heteroatoms. The fraction of sp³-hybridized carbons (Fsp3) is 1.00. The first-order valence-corrected chi connectivity index (χ1v) is 3.10. The molecule has 8 heavy (non-hydrogen) atoms. The molecule has 0 aromatic rings. The van der Waals surface area contributed by atoms with Gasteiger partial charge in [0.15, 0.2) is 0 Å². The number of halogens is 5. The highest BCUT2D eigenvalue weighted by Crippen LogP contribution is 2.28. The Bertz CT molecular complexity index is 69.4. The second-order valence-corrected chi connectivity index (χ2v) is 2.50. The van der Waals surface area contributed by atoms with E-state index in [4.69, 9.17) is 23.2 Å². The van der Waals surface area contributed by atoms with E-state index < -0.39 is 10.8 Å². The quantitative estimate of drug-likeness (QED) is 0.578. The van der Waals surface area contributed by atoms with E-state index in [0.717, 1.165) is 0 Å². The normalized spacial score (nSPS) is 16.1. The molecule has 0 fully saturated rings. The highest BCUT2D eigenvalue weighted by atomic mass is 35.5. The highest BCUT2D eigenvalue weighted by molar-refractivity contribution is 6.34. The number of hydrogen-bond acceptors (Lipinski definition) is 0. The Labute approximate surface area is 60.7 Å². The van der Waals surface area contributed by atoms with Crippen molar-refractivity contribution in [3.8, 4) is 0 Å². The highest BCUT2D eigenvalue weighted by Gasteiger charge is 2.34. The molecule has 50 valence electrons. The summed E-state index contributed by atoms with van der Waals surface area (Å²) in [5, 5.41) is -4.87. The molecule has 1 unspecified atom stereocenters. The average molecular weight is 183 g/mol. The summed E-state index contributed by atoms with van der Waals surface area (Å²) in [4.78, 5) is 0. The zero-order valence-corrected chi connectivity index (χ0v) is 5.94. The number of alkyl halides is 5. The third-order valence-corrected chi connectivity index (χ3v) is 1.76. The molecular formula is C3H3Cl3F2. The predicted molar refractivity (Wildman–Crippen MR) is 31.2 cm³/mol. The first-order valence-electron chi connectivity index (χ1n) is 1.75. The predicted octanol–water partition coefficient (Wildman–Crippen LogP) is 2.66. The van der Waals surface area contributed by atoms with E-state index in [9.17, 15) is 8.78 Å². The van der Waals surface area contributed by atoms with Crippen LogP contribution in [0.15, 0.2) is 0 Å². The molecule has 0 heterocycles. The van der Waals surface area contributed by atoms with Gasteiger partial charge in [0.05, 0.1) is 0 Å². The lowest BCUT2D eigenvalue weighted by atomic mass is 10.5. The van der Waals surface area contributed by atoms with Crippen LogP contribution in [-0.4, -0.2) is 16.6 Å². The van der Waals surface area contributed by atoms with Crippen LogP contribution in [0, 0.1) is 0 Å². The minimum Gasteiger partial charge on any atom is -0.186 e. The first-order chi connectivity index (χ1) is 3.48. The van der Waals surface area contributed by atoms with E-state index in [2.05, 4.69) is 11.6 Å². The van der Waals surface area contributed by atoms with Crippen molar-refractivity contribution in [2.75, 3.05) is 5.88 Å². The van der Waals surface area contributed by atoms with Gasteiger partial charge in [-0.25, -0.2) is 0 Å². The summed E-state index contributed by atoms with van der Waals surface area (Å²) in [6, 6.07) is 0. The van der Waals surface area contributed by atoms with Crippen molar-refractivity contribution in [2.24, 2.45) is 0 Å². The Morgan fingerprint density at radius 3 is 1.88 bits per heavy atom. The smallest absolute Gasteiger partial charge is 0.186 e. The molecule has 0 aromatic heterocycles. The van der Waals surface area contributed by atoms with Crippen LogP contribution < -0.4 is 0 Å². The zero-order valence-electron chi connectivity index (χ0n) is 3.67. The summed E-state index contributed by atoms with van der Waals surface area (Å²) < 4.78 is 23.3. The monoisotopic (exact) mass is 182 g/mol. The lowest BCUT2D eigenvalue weighted by Gasteiger charge is -2.10. The molecule has 0 N–H and O–H groups in total. The summed E-state index contributed by atoms with van der Waals surface area (Å²) in [7, 11) is 0. The van der Waals surface area contributed by atoms with Crippen LogP contribution in [0.2, 0.25) is 0 Å². The van der Waals surface area contributed by atoms with Crippen molar-refractivity contribution in [2.45, 2.75) is 10.8 Å². The molecule has 0 saturated heterocycles. The Hall–Kier alpha value is 0.730. The molecule has 1 atom stereocenters. The maximum absolute atomic E-state index is 11.7. The first kappa shape index (κ1) is 8.73. The van der Waals surface area contributed by atoms with Gasteiger partial charge in [-0.1, -0.05) is 0 Å². The van der Waals surface area contributed by atoms with Gasteiger partial charge in [0.2, 0.25) is 0 Å². The van der Waals surface area contributed by atoms with Crippen LogP contribution >= 0.6 is 34.8 Å². The molecule has 0 aliphatic rings.